The Kier molecular flexibility index (Phi) is 7.31. The molecule has 6 heteroatoms. The van der Waals surface area contributed by atoms with E-state index in [0.717, 1.165) is 5.56 Å². The molecule has 36 heavy (non-hydrogen) atoms. The van der Waals surface area contributed by atoms with E-state index in [1.807, 2.05) is 49.4 Å². The number of benzene rings is 1. The molecule has 0 radical (unpaired) electrons. The standard InChI is InChI=1S/C30H39NO5/c1-18-10-9-13-23-27(33)20(3)19(2)26-24(16-22-11-7-6-8-12-22)31-28(34)30(23,26)25(36-21(4)32)14-15-29(5,35)17-18/h6-9,11-15,18-19,23-27,33,35H,3,10,16-17H2,1-2,4-5H3,(H,31,34)/b13-9?,15-14+/t18-,19+,23-,24-,25+,26-,27+,29-,30+/m0/s1. The summed E-state index contributed by atoms with van der Waals surface area (Å²) in [5, 5.41) is 25.8. The summed E-state index contributed by atoms with van der Waals surface area (Å²) in [4.78, 5) is 26.5. The minimum atomic E-state index is -1.26. The molecule has 6 nitrogen and oxygen atoms in total. The van der Waals surface area contributed by atoms with Gasteiger partial charge in [0.2, 0.25) is 5.91 Å². The Morgan fingerprint density at radius 2 is 1.92 bits per heavy atom. The molecule has 0 aromatic heterocycles. The van der Waals surface area contributed by atoms with E-state index in [1.54, 1.807) is 19.1 Å². The Bertz CT molecular complexity index is 1060. The van der Waals surface area contributed by atoms with Crippen LogP contribution in [0.15, 0.2) is 66.8 Å². The molecule has 2 aliphatic carbocycles. The van der Waals surface area contributed by atoms with Crippen LogP contribution in [-0.4, -0.2) is 45.9 Å². The van der Waals surface area contributed by atoms with Gasteiger partial charge in [-0.05, 0) is 55.2 Å². The van der Waals surface area contributed by atoms with Crippen LogP contribution >= 0.6 is 0 Å². The number of nitrogens with one attached hydrogen (secondary N) is 1. The van der Waals surface area contributed by atoms with E-state index >= 15 is 0 Å². The lowest BCUT2D eigenvalue weighted by atomic mass is 9.51. The number of rotatable bonds is 3. The third kappa shape index (κ3) is 4.69. The van der Waals surface area contributed by atoms with Gasteiger partial charge in [-0.3, -0.25) is 9.59 Å². The highest BCUT2D eigenvalue weighted by atomic mass is 16.5. The van der Waals surface area contributed by atoms with Gasteiger partial charge in [-0.15, -0.1) is 0 Å². The molecule has 1 saturated heterocycles. The number of amides is 1. The summed E-state index contributed by atoms with van der Waals surface area (Å²) in [6.45, 7) is 11.3. The molecule has 1 saturated carbocycles. The summed E-state index contributed by atoms with van der Waals surface area (Å²) in [5.74, 6) is -1.75. The zero-order chi connectivity index (χ0) is 26.3. The molecule has 1 heterocycles. The van der Waals surface area contributed by atoms with Crippen molar-refractivity contribution in [2.45, 2.75) is 70.8 Å². The molecule has 1 spiro atoms. The monoisotopic (exact) mass is 493 g/mol. The SMILES string of the molecule is C=C1[C@@H](C)[C@H]2[C@H](Cc3ccccc3)NC(=O)[C@]23[C@H](OC(C)=O)/C=C/[C@](C)(O)C[C@@H](C)CC=C[C@H]3[C@@H]1O. The zero-order valence-corrected chi connectivity index (χ0v) is 21.7. The molecule has 0 unspecified atom stereocenters. The Hall–Kier alpha value is -2.70. The molecule has 1 aromatic rings. The largest absolute Gasteiger partial charge is 0.457 e. The van der Waals surface area contributed by atoms with E-state index < -0.39 is 35.1 Å². The van der Waals surface area contributed by atoms with Gasteiger partial charge in [-0.2, -0.15) is 0 Å². The molecular weight excluding hydrogens is 454 g/mol. The van der Waals surface area contributed by atoms with Crippen molar-refractivity contribution in [3.05, 3.63) is 72.4 Å². The first-order valence-electron chi connectivity index (χ1n) is 12.9. The molecule has 1 amide bonds. The van der Waals surface area contributed by atoms with Crippen LogP contribution in [0.25, 0.3) is 0 Å². The van der Waals surface area contributed by atoms with Crippen LogP contribution in [0.3, 0.4) is 0 Å². The van der Waals surface area contributed by atoms with Gasteiger partial charge in [0.25, 0.3) is 0 Å². The number of carbonyl (C=O) groups is 2. The normalized spacial score (nSPS) is 41.4. The molecular formula is C30H39NO5. The van der Waals surface area contributed by atoms with Crippen molar-refractivity contribution in [3.8, 4) is 0 Å². The number of carbonyl (C=O) groups excluding carboxylic acids is 2. The van der Waals surface area contributed by atoms with Gasteiger partial charge in [0.05, 0.1) is 11.7 Å². The maximum Gasteiger partial charge on any atom is 0.303 e. The maximum absolute atomic E-state index is 14.2. The van der Waals surface area contributed by atoms with Gasteiger partial charge >= 0.3 is 5.97 Å². The lowest BCUT2D eigenvalue weighted by molar-refractivity contribution is -0.166. The van der Waals surface area contributed by atoms with Gasteiger partial charge in [0, 0.05) is 24.8 Å². The third-order valence-electron chi connectivity index (χ3n) is 8.43. The highest BCUT2D eigenvalue weighted by molar-refractivity contribution is 5.89. The Morgan fingerprint density at radius 3 is 2.58 bits per heavy atom. The number of aliphatic hydroxyl groups is 2. The number of ether oxygens (including phenoxy) is 1. The van der Waals surface area contributed by atoms with Crippen LogP contribution in [0.1, 0.15) is 46.1 Å². The van der Waals surface area contributed by atoms with E-state index in [9.17, 15) is 19.8 Å². The van der Waals surface area contributed by atoms with Crippen LogP contribution in [0.2, 0.25) is 0 Å². The highest BCUT2D eigenvalue weighted by Gasteiger charge is 2.68. The van der Waals surface area contributed by atoms with E-state index in [2.05, 4.69) is 18.8 Å². The first kappa shape index (κ1) is 26.4. The highest BCUT2D eigenvalue weighted by Crippen LogP contribution is 2.58. The van der Waals surface area contributed by atoms with Crippen LogP contribution in [0, 0.1) is 29.1 Å². The number of aliphatic hydroxyl groups excluding tert-OH is 1. The quantitative estimate of drug-likeness (QED) is 0.440. The number of esters is 1. The fourth-order valence-corrected chi connectivity index (χ4v) is 6.90. The average molecular weight is 494 g/mol. The molecule has 4 rings (SSSR count). The van der Waals surface area contributed by atoms with Gasteiger partial charge in [-0.25, -0.2) is 0 Å². The molecule has 1 aromatic carbocycles. The van der Waals surface area contributed by atoms with Crippen LogP contribution in [0.5, 0.6) is 0 Å². The van der Waals surface area contributed by atoms with Crippen LogP contribution in [0.4, 0.5) is 0 Å². The summed E-state index contributed by atoms with van der Waals surface area (Å²) in [6, 6.07) is 9.73. The second kappa shape index (κ2) is 9.98. The summed E-state index contributed by atoms with van der Waals surface area (Å²) in [5.41, 5.74) is -0.635. The first-order chi connectivity index (χ1) is 17.0. The summed E-state index contributed by atoms with van der Waals surface area (Å²) >= 11 is 0. The lowest BCUT2D eigenvalue weighted by Gasteiger charge is -2.52. The van der Waals surface area contributed by atoms with Crippen molar-refractivity contribution in [1.82, 2.24) is 5.32 Å². The molecule has 3 N–H and O–H groups in total. The van der Waals surface area contributed by atoms with Gasteiger partial charge in [0.15, 0.2) is 0 Å². The topological polar surface area (TPSA) is 95.9 Å². The lowest BCUT2D eigenvalue weighted by Crippen LogP contribution is -2.60. The molecule has 1 aliphatic heterocycles. The van der Waals surface area contributed by atoms with Crippen molar-refractivity contribution in [3.63, 3.8) is 0 Å². The number of hydrogen-bond donors (Lipinski definition) is 3. The molecule has 2 fully saturated rings. The predicted molar refractivity (Wildman–Crippen MR) is 139 cm³/mol. The molecule has 0 bridgehead atoms. The zero-order valence-electron chi connectivity index (χ0n) is 21.7. The number of allylic oxidation sites excluding steroid dienone is 1. The van der Waals surface area contributed by atoms with Crippen molar-refractivity contribution in [2.75, 3.05) is 0 Å². The smallest absolute Gasteiger partial charge is 0.303 e. The van der Waals surface area contributed by atoms with Crippen molar-refractivity contribution in [2.24, 2.45) is 29.1 Å². The summed E-state index contributed by atoms with van der Waals surface area (Å²) < 4.78 is 5.89. The van der Waals surface area contributed by atoms with E-state index in [0.29, 0.717) is 24.8 Å². The van der Waals surface area contributed by atoms with Gasteiger partial charge in [-0.1, -0.05) is 69.0 Å². The third-order valence-corrected chi connectivity index (χ3v) is 8.43. The molecule has 194 valence electrons. The average Bonchev–Trinajstić information content (AvgIpc) is 3.08. The Morgan fingerprint density at radius 1 is 1.22 bits per heavy atom. The fraction of sp³-hybridized carbons (Fsp3) is 0.533. The molecule has 3 aliphatic rings. The van der Waals surface area contributed by atoms with E-state index in [-0.39, 0.29) is 29.7 Å². The fourth-order valence-electron chi connectivity index (χ4n) is 6.90. The van der Waals surface area contributed by atoms with E-state index in [4.69, 9.17) is 4.74 Å². The first-order valence-corrected chi connectivity index (χ1v) is 12.9. The van der Waals surface area contributed by atoms with Gasteiger partial charge < -0.3 is 20.3 Å². The van der Waals surface area contributed by atoms with Crippen molar-refractivity contribution in [1.29, 1.82) is 0 Å². The number of hydrogen-bond acceptors (Lipinski definition) is 5. The predicted octanol–water partition coefficient (Wildman–Crippen LogP) is 3.74. The van der Waals surface area contributed by atoms with Crippen LogP contribution in [-0.2, 0) is 20.7 Å². The summed E-state index contributed by atoms with van der Waals surface area (Å²) in [6.07, 6.45) is 7.09. The van der Waals surface area contributed by atoms with E-state index in [1.165, 1.54) is 6.92 Å². The summed E-state index contributed by atoms with van der Waals surface area (Å²) in [7, 11) is 0. The minimum absolute atomic E-state index is 0.170. The van der Waals surface area contributed by atoms with Crippen molar-refractivity contribution >= 4 is 11.9 Å². The maximum atomic E-state index is 14.2. The van der Waals surface area contributed by atoms with Gasteiger partial charge in [0.1, 0.15) is 11.5 Å². The minimum Gasteiger partial charge on any atom is -0.457 e. The van der Waals surface area contributed by atoms with Crippen molar-refractivity contribution < 1.29 is 24.5 Å². The van der Waals surface area contributed by atoms with Crippen LogP contribution < -0.4 is 5.32 Å². The Labute approximate surface area is 214 Å². The molecule has 9 atom stereocenters. The second-order valence-corrected chi connectivity index (χ2v) is 11.3. The Balaban J connectivity index is 1.92. The second-order valence-electron chi connectivity index (χ2n) is 11.3.